The molecule has 52 heavy (non-hydrogen) atoms. The first-order valence-electron chi connectivity index (χ1n) is 17.8. The summed E-state index contributed by atoms with van der Waals surface area (Å²) in [5.74, 6) is 1.47. The number of nitrogens with zero attached hydrogens (tertiary/aromatic N) is 2. The number of allylic oxidation sites excluding steroid dienone is 1. The zero-order valence-electron chi connectivity index (χ0n) is 28.1. The molecule has 2 aliphatic rings. The van der Waals surface area contributed by atoms with Crippen LogP contribution in [0.15, 0.2) is 164 Å². The van der Waals surface area contributed by atoms with Crippen LogP contribution < -0.4 is 5.32 Å². The van der Waals surface area contributed by atoms with Crippen LogP contribution in [0.3, 0.4) is 0 Å². The fourth-order valence-electron chi connectivity index (χ4n) is 8.00. The summed E-state index contributed by atoms with van der Waals surface area (Å²) in [6.07, 6.45) is 6.26. The van der Waals surface area contributed by atoms with Crippen molar-refractivity contribution in [3.63, 3.8) is 0 Å². The molecule has 0 fully saturated rings. The number of amidine groups is 2. The maximum Gasteiger partial charge on any atom is 0.159 e. The Hall–Kier alpha value is -6.72. The number of benzene rings is 7. The number of nitrogens with one attached hydrogen (secondary N) is 1. The zero-order valence-corrected chi connectivity index (χ0v) is 28.1. The van der Waals surface area contributed by atoms with Crippen LogP contribution in [0.25, 0.3) is 71.9 Å². The van der Waals surface area contributed by atoms with Gasteiger partial charge in [0.15, 0.2) is 5.84 Å². The van der Waals surface area contributed by atoms with Gasteiger partial charge in [-0.3, -0.25) is 0 Å². The van der Waals surface area contributed by atoms with Gasteiger partial charge in [-0.05, 0) is 82.3 Å². The van der Waals surface area contributed by atoms with Crippen molar-refractivity contribution in [2.24, 2.45) is 9.98 Å². The Morgan fingerprint density at radius 3 is 2.40 bits per heavy atom. The first-order valence-corrected chi connectivity index (χ1v) is 17.8. The summed E-state index contributed by atoms with van der Waals surface area (Å²) in [4.78, 5) is 10.5. The fourth-order valence-corrected chi connectivity index (χ4v) is 8.00. The van der Waals surface area contributed by atoms with E-state index in [1.165, 1.54) is 21.9 Å². The van der Waals surface area contributed by atoms with E-state index in [1.54, 1.807) is 0 Å². The predicted octanol–water partition coefficient (Wildman–Crippen LogP) is 11.8. The summed E-state index contributed by atoms with van der Waals surface area (Å²) >= 11 is 0. The van der Waals surface area contributed by atoms with Crippen LogP contribution in [0.2, 0.25) is 0 Å². The molecule has 9 aromatic rings. The fraction of sp³-hybridized carbons (Fsp3) is 0.0638. The molecule has 3 heterocycles. The molecular weight excluding hydrogens is 639 g/mol. The van der Waals surface area contributed by atoms with Gasteiger partial charge >= 0.3 is 0 Å². The Kier molecular flexibility index (Phi) is 6.37. The molecule has 5 heteroatoms. The lowest BCUT2D eigenvalue weighted by molar-refractivity contribution is 0.667. The van der Waals surface area contributed by atoms with Gasteiger partial charge < -0.3 is 14.2 Å². The van der Waals surface area contributed by atoms with Gasteiger partial charge in [-0.25, -0.2) is 9.98 Å². The Balaban J connectivity index is 1.06. The second-order valence-corrected chi connectivity index (χ2v) is 13.7. The van der Waals surface area contributed by atoms with Crippen molar-refractivity contribution >= 4 is 72.4 Å². The first kappa shape index (κ1) is 29.1. The van der Waals surface area contributed by atoms with E-state index in [1.807, 2.05) is 24.3 Å². The monoisotopic (exact) mass is 669 g/mol. The number of aryl methyl sites for hydroxylation is 1. The van der Waals surface area contributed by atoms with Gasteiger partial charge in [-0.1, -0.05) is 115 Å². The second-order valence-electron chi connectivity index (χ2n) is 13.7. The van der Waals surface area contributed by atoms with Crippen LogP contribution in [0.1, 0.15) is 40.4 Å². The minimum atomic E-state index is -0.331. The van der Waals surface area contributed by atoms with E-state index in [2.05, 4.69) is 133 Å². The number of para-hydroxylation sites is 2. The highest BCUT2D eigenvalue weighted by atomic mass is 16.3. The van der Waals surface area contributed by atoms with Crippen LogP contribution in [0, 0.1) is 0 Å². The minimum absolute atomic E-state index is 0.331. The lowest BCUT2D eigenvalue weighted by atomic mass is 9.95. The van der Waals surface area contributed by atoms with Gasteiger partial charge in [0.2, 0.25) is 0 Å². The lowest BCUT2D eigenvalue weighted by Crippen LogP contribution is -2.33. The number of rotatable bonds is 4. The SMILES string of the molecule is C1=Cc2cc(C3=NC(c4ccc5ccccc5c4)NC(c4cccc5oc6cc(-c7cccc8c7oc7ccccc78)ccc6c45)=N3)ccc2CC1. The molecule has 7 aromatic carbocycles. The molecule has 1 unspecified atom stereocenters. The largest absolute Gasteiger partial charge is 0.456 e. The predicted molar refractivity (Wildman–Crippen MR) is 213 cm³/mol. The number of hydrogen-bond donors (Lipinski definition) is 1. The van der Waals surface area contributed by atoms with E-state index < -0.39 is 0 Å². The number of fused-ring (bicyclic) bond motifs is 8. The summed E-state index contributed by atoms with van der Waals surface area (Å²) in [7, 11) is 0. The zero-order chi connectivity index (χ0) is 34.2. The quantitative estimate of drug-likeness (QED) is 0.203. The summed E-state index contributed by atoms with van der Waals surface area (Å²) in [5.41, 5.74) is 11.1. The topological polar surface area (TPSA) is 63.0 Å². The second kappa shape index (κ2) is 11.4. The number of aliphatic imine (C=N–C) groups is 2. The summed E-state index contributed by atoms with van der Waals surface area (Å²) < 4.78 is 13.0. The van der Waals surface area contributed by atoms with Crippen molar-refractivity contribution in [1.82, 2.24) is 5.32 Å². The number of hydrogen-bond acceptors (Lipinski definition) is 5. The van der Waals surface area contributed by atoms with Gasteiger partial charge in [0, 0.05) is 38.2 Å². The van der Waals surface area contributed by atoms with E-state index >= 15 is 0 Å². The molecule has 2 aromatic heterocycles. The highest BCUT2D eigenvalue weighted by molar-refractivity contribution is 6.22. The molecule has 1 aliphatic carbocycles. The number of furan rings is 2. The molecule has 1 atom stereocenters. The van der Waals surface area contributed by atoms with E-state index in [4.69, 9.17) is 18.8 Å². The Bertz CT molecular complexity index is 3010. The highest BCUT2D eigenvalue weighted by Gasteiger charge is 2.25. The Morgan fingerprint density at radius 1 is 0.596 bits per heavy atom. The molecule has 0 saturated carbocycles. The highest BCUT2D eigenvalue weighted by Crippen LogP contribution is 2.39. The molecule has 11 rings (SSSR count). The molecule has 0 saturated heterocycles. The van der Waals surface area contributed by atoms with Crippen LogP contribution in [0.5, 0.6) is 0 Å². The summed E-state index contributed by atoms with van der Waals surface area (Å²) in [5, 5.41) is 10.4. The first-order chi connectivity index (χ1) is 25.7. The molecule has 0 bridgehead atoms. The van der Waals surface area contributed by atoms with Crippen LogP contribution in [0.4, 0.5) is 0 Å². The molecule has 246 valence electrons. The Labute approximate surface area is 299 Å². The summed E-state index contributed by atoms with van der Waals surface area (Å²) in [6.45, 7) is 0. The van der Waals surface area contributed by atoms with Crippen molar-refractivity contribution in [2.45, 2.75) is 19.0 Å². The average molecular weight is 670 g/mol. The normalized spacial score (nSPS) is 15.7. The van der Waals surface area contributed by atoms with E-state index in [0.717, 1.165) is 90.4 Å². The molecule has 1 N–H and O–H groups in total. The maximum absolute atomic E-state index is 6.60. The minimum Gasteiger partial charge on any atom is -0.456 e. The van der Waals surface area contributed by atoms with Gasteiger partial charge in [-0.2, -0.15) is 0 Å². The summed E-state index contributed by atoms with van der Waals surface area (Å²) in [6, 6.07) is 48.8. The average Bonchev–Trinajstić information content (AvgIpc) is 3.78. The third-order valence-corrected chi connectivity index (χ3v) is 10.6. The molecule has 0 spiro atoms. The smallest absolute Gasteiger partial charge is 0.159 e. The van der Waals surface area contributed by atoms with Gasteiger partial charge in [-0.15, -0.1) is 0 Å². The van der Waals surface area contributed by atoms with Crippen molar-refractivity contribution in [3.8, 4) is 11.1 Å². The molecule has 0 radical (unpaired) electrons. The van der Waals surface area contributed by atoms with Crippen molar-refractivity contribution in [3.05, 3.63) is 173 Å². The molecule has 1 aliphatic heterocycles. The Morgan fingerprint density at radius 2 is 1.42 bits per heavy atom. The third-order valence-electron chi connectivity index (χ3n) is 10.6. The maximum atomic E-state index is 6.60. The van der Waals surface area contributed by atoms with E-state index in [9.17, 15) is 0 Å². The lowest BCUT2D eigenvalue weighted by Gasteiger charge is -2.24. The third kappa shape index (κ3) is 4.63. The van der Waals surface area contributed by atoms with E-state index in [0.29, 0.717) is 5.84 Å². The molecule has 0 amide bonds. The van der Waals surface area contributed by atoms with Crippen LogP contribution in [-0.4, -0.2) is 11.7 Å². The molecular formula is C47H31N3O2. The molecule has 5 nitrogen and oxygen atoms in total. The van der Waals surface area contributed by atoms with Crippen LogP contribution in [-0.2, 0) is 6.42 Å². The standard InChI is InChI=1S/C47H31N3O2/c1-3-11-30-25-33(21-19-28(30)9-1)45-48-46(34-22-20-29-10-2-4-12-31(29)26-34)50-47(49-45)39-16-8-18-41-43(39)38-24-23-32(27-42(38)51-41)35-14-7-15-37-36-13-5-6-17-40(36)52-44(35)37/h1,3-9,11-27,45H,2,10H2,(H,48,49,50). The van der Waals surface area contributed by atoms with Crippen molar-refractivity contribution in [2.75, 3.05) is 0 Å². The van der Waals surface area contributed by atoms with Crippen molar-refractivity contribution < 1.29 is 8.83 Å². The van der Waals surface area contributed by atoms with Crippen molar-refractivity contribution in [1.29, 1.82) is 0 Å². The van der Waals surface area contributed by atoms with Gasteiger partial charge in [0.25, 0.3) is 0 Å². The van der Waals surface area contributed by atoms with Gasteiger partial charge in [0.05, 0.1) is 0 Å². The van der Waals surface area contributed by atoms with Crippen LogP contribution >= 0.6 is 0 Å². The van der Waals surface area contributed by atoms with E-state index in [-0.39, 0.29) is 6.17 Å². The van der Waals surface area contributed by atoms with Gasteiger partial charge in [0.1, 0.15) is 34.3 Å².